The number of nitrogens with zero attached hydrogens (tertiary/aromatic N) is 2. The van der Waals surface area contributed by atoms with Crippen molar-refractivity contribution in [3.63, 3.8) is 0 Å². The number of hydrogen-bond acceptors (Lipinski definition) is 9. The summed E-state index contributed by atoms with van der Waals surface area (Å²) >= 11 is 1.22. The molecule has 1 aliphatic rings. The highest BCUT2D eigenvalue weighted by Gasteiger charge is 2.20. The number of benzene rings is 2. The summed E-state index contributed by atoms with van der Waals surface area (Å²) in [4.78, 5) is 29.2. The number of aromatic nitrogens is 1. The van der Waals surface area contributed by atoms with Crippen LogP contribution in [0.5, 0.6) is 11.5 Å². The second-order valence-electron chi connectivity index (χ2n) is 9.23. The van der Waals surface area contributed by atoms with E-state index in [1.165, 1.54) is 24.2 Å². The van der Waals surface area contributed by atoms with Gasteiger partial charge in [0.15, 0.2) is 5.13 Å². The smallest absolute Gasteiger partial charge is 0.300 e. The first kappa shape index (κ1) is 28.9. The molecule has 9 nitrogen and oxygen atoms in total. The lowest BCUT2D eigenvalue weighted by Gasteiger charge is -2.23. The fourth-order valence-electron chi connectivity index (χ4n) is 4.14. The van der Waals surface area contributed by atoms with Gasteiger partial charge in [0.2, 0.25) is 5.78 Å². The van der Waals surface area contributed by atoms with Gasteiger partial charge in [0.1, 0.15) is 28.8 Å². The van der Waals surface area contributed by atoms with Gasteiger partial charge in [0.25, 0.3) is 5.97 Å². The van der Waals surface area contributed by atoms with Crippen LogP contribution in [0, 0.1) is 0 Å². The lowest BCUT2D eigenvalue weighted by molar-refractivity contribution is -0.134. The van der Waals surface area contributed by atoms with Crippen molar-refractivity contribution in [2.24, 2.45) is 0 Å². The van der Waals surface area contributed by atoms with Crippen LogP contribution < -0.4 is 15.8 Å². The Kier molecular flexibility index (Phi) is 10.5. The molecule has 204 valence electrons. The van der Waals surface area contributed by atoms with E-state index in [0.29, 0.717) is 34.6 Å². The molecule has 1 saturated heterocycles. The van der Waals surface area contributed by atoms with Crippen LogP contribution in [0.1, 0.15) is 60.8 Å². The molecule has 0 spiro atoms. The number of carbonyl (C=O) groups excluding carboxylic acids is 1. The van der Waals surface area contributed by atoms with E-state index in [1.54, 1.807) is 18.2 Å². The number of carbonyl (C=O) groups is 2. The van der Waals surface area contributed by atoms with Crippen LogP contribution in [0.15, 0.2) is 42.5 Å². The maximum Gasteiger partial charge on any atom is 0.300 e. The molecule has 38 heavy (non-hydrogen) atoms. The summed E-state index contributed by atoms with van der Waals surface area (Å²) in [6.45, 7) is 8.29. The van der Waals surface area contributed by atoms with Gasteiger partial charge >= 0.3 is 0 Å². The maximum atomic E-state index is 13.0. The zero-order chi connectivity index (χ0) is 27.7. The predicted octanol–water partition coefficient (Wildman–Crippen LogP) is 5.31. The van der Waals surface area contributed by atoms with Crippen LogP contribution in [0.25, 0.3) is 0 Å². The number of rotatable bonds is 10. The Morgan fingerprint density at radius 1 is 1.18 bits per heavy atom. The Bertz CT molecular complexity index is 1220. The van der Waals surface area contributed by atoms with Crippen molar-refractivity contribution in [2.75, 3.05) is 30.7 Å². The Hall–Kier alpha value is -3.63. The summed E-state index contributed by atoms with van der Waals surface area (Å²) in [5, 5.41) is 21.2. The van der Waals surface area contributed by atoms with E-state index < -0.39 is 5.97 Å². The molecule has 0 amide bonds. The summed E-state index contributed by atoms with van der Waals surface area (Å²) in [5.41, 5.74) is 8.15. The van der Waals surface area contributed by atoms with E-state index in [4.69, 9.17) is 20.4 Å². The van der Waals surface area contributed by atoms with E-state index in [9.17, 15) is 9.90 Å². The molecule has 1 aromatic heterocycles. The van der Waals surface area contributed by atoms with Crippen molar-refractivity contribution in [2.45, 2.75) is 52.5 Å². The predicted molar refractivity (Wildman–Crippen MR) is 151 cm³/mol. The van der Waals surface area contributed by atoms with E-state index in [0.717, 1.165) is 43.4 Å². The lowest BCUT2D eigenvalue weighted by atomic mass is 10.0. The average Bonchev–Trinajstić information content (AvgIpc) is 3.54. The Morgan fingerprint density at radius 2 is 1.84 bits per heavy atom. The zero-order valence-electron chi connectivity index (χ0n) is 22.1. The molecule has 1 aliphatic heterocycles. The van der Waals surface area contributed by atoms with E-state index in [1.807, 2.05) is 31.2 Å². The van der Waals surface area contributed by atoms with Crippen molar-refractivity contribution in [3.05, 3.63) is 58.5 Å². The molecule has 4 rings (SSSR count). The molecule has 5 N–H and O–H groups in total. The summed E-state index contributed by atoms with van der Waals surface area (Å²) in [6, 6.07) is 13.0. The SMILES string of the molecule is CC(=O)O.CCCc1cc(C(=O)c2sc(Nc3ccc(OC[C@@H](C)N4CCCC4)cc3)nc2N)ccc1O. The highest BCUT2D eigenvalue weighted by molar-refractivity contribution is 7.18. The van der Waals surface area contributed by atoms with Gasteiger partial charge in [-0.25, -0.2) is 4.98 Å². The van der Waals surface area contributed by atoms with E-state index in [2.05, 4.69) is 22.1 Å². The van der Waals surface area contributed by atoms with Crippen LogP contribution >= 0.6 is 11.3 Å². The standard InChI is InChI=1S/C26H32N4O3S.C2H4O2/c1-3-6-18-15-19(7-12-22(18)31)23(32)24-25(27)29-26(34-24)28-20-8-10-21(11-9-20)33-16-17(2)30-13-4-5-14-30;1-2(3)4/h7-12,15,17,31H,3-6,13-14,16,27H2,1-2H3,(H,28,29);1H3,(H,3,4)/t17-;/m1./s1. The van der Waals surface area contributed by atoms with Gasteiger partial charge in [-0.15, -0.1) is 0 Å². The number of phenolic OH excluding ortho intramolecular Hbond substituents is 1. The highest BCUT2D eigenvalue weighted by atomic mass is 32.1. The minimum Gasteiger partial charge on any atom is -0.508 e. The lowest BCUT2D eigenvalue weighted by Crippen LogP contribution is -2.34. The number of aryl methyl sites for hydroxylation is 1. The zero-order valence-corrected chi connectivity index (χ0v) is 22.9. The molecule has 2 heterocycles. The topological polar surface area (TPSA) is 138 Å². The van der Waals surface area contributed by atoms with Crippen molar-refractivity contribution in [3.8, 4) is 11.5 Å². The van der Waals surface area contributed by atoms with Gasteiger partial charge in [0.05, 0.1) is 0 Å². The van der Waals surface area contributed by atoms with Gasteiger partial charge in [-0.3, -0.25) is 14.5 Å². The van der Waals surface area contributed by atoms with E-state index in [-0.39, 0.29) is 17.4 Å². The van der Waals surface area contributed by atoms with Gasteiger partial charge in [-0.05, 0) is 87.3 Å². The molecule has 3 aromatic rings. The first-order valence-electron chi connectivity index (χ1n) is 12.7. The van der Waals surface area contributed by atoms with Crippen molar-refractivity contribution >= 4 is 39.7 Å². The molecule has 0 unspecified atom stereocenters. The van der Waals surface area contributed by atoms with Crippen molar-refractivity contribution in [1.82, 2.24) is 9.88 Å². The molecule has 1 fully saturated rings. The number of ether oxygens (including phenoxy) is 1. The number of aromatic hydroxyl groups is 1. The number of thiazole rings is 1. The first-order chi connectivity index (χ1) is 18.2. The number of ketones is 1. The fourth-order valence-corrected chi connectivity index (χ4v) is 5.01. The molecule has 0 bridgehead atoms. The molecule has 0 radical (unpaired) electrons. The Morgan fingerprint density at radius 3 is 2.47 bits per heavy atom. The van der Waals surface area contributed by atoms with Crippen LogP contribution in [0.2, 0.25) is 0 Å². The number of anilines is 3. The molecule has 0 aliphatic carbocycles. The minimum absolute atomic E-state index is 0.193. The number of carboxylic acids is 1. The Balaban J connectivity index is 0.000000934. The van der Waals surface area contributed by atoms with Crippen LogP contribution in [0.3, 0.4) is 0 Å². The summed E-state index contributed by atoms with van der Waals surface area (Å²) in [7, 11) is 0. The van der Waals surface area contributed by atoms with E-state index >= 15 is 0 Å². The number of nitrogen functional groups attached to an aromatic ring is 1. The molecule has 2 aromatic carbocycles. The number of likely N-dealkylation sites (tertiary alicyclic amines) is 1. The number of nitrogens with two attached hydrogens (primary N) is 1. The highest BCUT2D eigenvalue weighted by Crippen LogP contribution is 2.31. The largest absolute Gasteiger partial charge is 0.508 e. The normalized spacial score (nSPS) is 13.9. The van der Waals surface area contributed by atoms with Crippen LogP contribution in [-0.4, -0.2) is 57.6 Å². The van der Waals surface area contributed by atoms with Gasteiger partial charge in [0, 0.05) is 24.2 Å². The third-order valence-corrected chi connectivity index (χ3v) is 7.07. The quantitative estimate of drug-likeness (QED) is 0.252. The van der Waals surface area contributed by atoms with Gasteiger partial charge < -0.3 is 26.0 Å². The van der Waals surface area contributed by atoms with Crippen molar-refractivity contribution in [1.29, 1.82) is 0 Å². The second kappa shape index (κ2) is 13.8. The number of phenols is 1. The number of nitrogens with one attached hydrogen (secondary N) is 1. The maximum absolute atomic E-state index is 13.0. The minimum atomic E-state index is -0.833. The molecular weight excluding hydrogens is 504 g/mol. The van der Waals surface area contributed by atoms with Gasteiger partial charge in [-0.1, -0.05) is 24.7 Å². The molecule has 1 atom stereocenters. The summed E-state index contributed by atoms with van der Waals surface area (Å²) < 4.78 is 5.96. The molecule has 0 saturated carbocycles. The second-order valence-corrected chi connectivity index (χ2v) is 10.2. The number of aliphatic carboxylic acids is 1. The molecule has 10 heteroatoms. The first-order valence-corrected chi connectivity index (χ1v) is 13.6. The number of carboxylic acid groups (broad SMARTS) is 1. The summed E-state index contributed by atoms with van der Waals surface area (Å²) in [5.74, 6) is 0.187. The Labute approximate surface area is 227 Å². The summed E-state index contributed by atoms with van der Waals surface area (Å²) in [6.07, 6.45) is 4.13. The monoisotopic (exact) mass is 540 g/mol. The fraction of sp³-hybridized carbons (Fsp3) is 0.393. The third kappa shape index (κ3) is 8.19. The third-order valence-electron chi connectivity index (χ3n) is 6.08. The van der Waals surface area contributed by atoms with Crippen molar-refractivity contribution < 1.29 is 24.5 Å². The van der Waals surface area contributed by atoms with Gasteiger partial charge in [-0.2, -0.15) is 0 Å². The number of hydrogen-bond donors (Lipinski definition) is 4. The molecular formula is C28H36N4O5S. The van der Waals surface area contributed by atoms with Crippen LogP contribution in [0.4, 0.5) is 16.6 Å². The van der Waals surface area contributed by atoms with Crippen LogP contribution in [-0.2, 0) is 11.2 Å². The average molecular weight is 541 g/mol.